The van der Waals surface area contributed by atoms with Crippen LogP contribution in [0.25, 0.3) is 20.2 Å². The monoisotopic (exact) mass is 502 g/mol. The second-order valence-corrected chi connectivity index (χ2v) is 13.0. The van der Waals surface area contributed by atoms with Crippen molar-refractivity contribution in [3.63, 3.8) is 0 Å². The van der Waals surface area contributed by atoms with Gasteiger partial charge in [0.1, 0.15) is 11.5 Å². The lowest BCUT2D eigenvalue weighted by Crippen LogP contribution is -2.06. The largest absolute Gasteiger partial charge is 0.491 e. The highest BCUT2D eigenvalue weighted by Crippen LogP contribution is 2.47. The highest BCUT2D eigenvalue weighted by Gasteiger charge is 2.19. The molecule has 3 aromatic rings. The van der Waals surface area contributed by atoms with Gasteiger partial charge in [0, 0.05) is 10.8 Å². The standard InChI is InChI=1S/C30H46O2S2/c1-21(2)9-7-11-23(5)13-17-31-27-25-15-19-34-30(25)28(26-16-20-33-29(26)27)32-18-14-24(6)12-8-10-22(3)4/h15-16,19-24H,7-14,17-18H2,1-6H3. The van der Waals surface area contributed by atoms with Gasteiger partial charge >= 0.3 is 0 Å². The third kappa shape index (κ3) is 7.88. The van der Waals surface area contributed by atoms with Crippen LogP contribution in [0.1, 0.15) is 92.9 Å². The van der Waals surface area contributed by atoms with Crippen molar-refractivity contribution in [2.45, 2.75) is 92.9 Å². The Morgan fingerprint density at radius 2 is 1.00 bits per heavy atom. The molecule has 2 heterocycles. The number of rotatable bonds is 16. The maximum atomic E-state index is 6.47. The second kappa shape index (κ2) is 13.7. The Hall–Kier alpha value is -1.26. The Morgan fingerprint density at radius 1 is 0.588 bits per heavy atom. The summed E-state index contributed by atoms with van der Waals surface area (Å²) in [7, 11) is 0. The van der Waals surface area contributed by atoms with Crippen LogP contribution in [-0.4, -0.2) is 13.2 Å². The van der Waals surface area contributed by atoms with Crippen molar-refractivity contribution in [1.29, 1.82) is 0 Å². The smallest absolute Gasteiger partial charge is 0.146 e. The third-order valence-electron chi connectivity index (χ3n) is 6.90. The van der Waals surface area contributed by atoms with Gasteiger partial charge in [-0.2, -0.15) is 0 Å². The van der Waals surface area contributed by atoms with Gasteiger partial charge in [0.2, 0.25) is 0 Å². The number of thiophene rings is 2. The van der Waals surface area contributed by atoms with Crippen LogP contribution in [0.15, 0.2) is 22.9 Å². The SMILES string of the molecule is CC(C)CCCC(C)CCOc1c2ccsc2c(OCCC(C)CCCC(C)C)c2ccsc12. The van der Waals surface area contributed by atoms with Crippen molar-refractivity contribution in [2.24, 2.45) is 23.7 Å². The Labute approximate surface area is 216 Å². The molecule has 2 unspecified atom stereocenters. The predicted octanol–water partition coefficient (Wildman–Crippen LogP) is 10.6. The van der Waals surface area contributed by atoms with Gasteiger partial charge in [-0.1, -0.05) is 80.1 Å². The van der Waals surface area contributed by atoms with E-state index in [-0.39, 0.29) is 0 Å². The van der Waals surface area contributed by atoms with E-state index >= 15 is 0 Å². The number of hydrogen-bond donors (Lipinski definition) is 0. The summed E-state index contributed by atoms with van der Waals surface area (Å²) in [5.74, 6) is 5.14. The highest BCUT2D eigenvalue weighted by atomic mass is 32.1. The van der Waals surface area contributed by atoms with E-state index in [1.807, 2.05) is 0 Å². The molecule has 0 spiro atoms. The van der Waals surface area contributed by atoms with Gasteiger partial charge in [-0.3, -0.25) is 0 Å². The molecule has 0 aliphatic carbocycles. The third-order valence-corrected chi connectivity index (χ3v) is 8.73. The fourth-order valence-corrected chi connectivity index (χ4v) is 6.43. The summed E-state index contributed by atoms with van der Waals surface area (Å²) in [6.07, 6.45) is 10.1. The zero-order valence-electron chi connectivity index (χ0n) is 22.3. The minimum absolute atomic E-state index is 0.709. The van der Waals surface area contributed by atoms with Gasteiger partial charge in [0.05, 0.1) is 22.6 Å². The van der Waals surface area contributed by atoms with Crippen LogP contribution >= 0.6 is 22.7 Å². The summed E-state index contributed by atoms with van der Waals surface area (Å²) in [5, 5.41) is 6.79. The van der Waals surface area contributed by atoms with Crippen LogP contribution in [0.4, 0.5) is 0 Å². The lowest BCUT2D eigenvalue weighted by molar-refractivity contribution is 0.277. The average molecular weight is 503 g/mol. The molecule has 0 aliphatic rings. The number of benzene rings is 1. The summed E-state index contributed by atoms with van der Waals surface area (Å²) in [5.41, 5.74) is 0. The fourth-order valence-electron chi connectivity index (χ4n) is 4.62. The molecule has 0 radical (unpaired) electrons. The average Bonchev–Trinajstić information content (AvgIpc) is 3.44. The first kappa shape index (κ1) is 27.3. The van der Waals surface area contributed by atoms with Gasteiger partial charge in [-0.25, -0.2) is 0 Å². The van der Waals surface area contributed by atoms with E-state index in [4.69, 9.17) is 9.47 Å². The lowest BCUT2D eigenvalue weighted by atomic mass is 9.97. The van der Waals surface area contributed by atoms with Crippen molar-refractivity contribution < 1.29 is 9.47 Å². The zero-order chi connectivity index (χ0) is 24.5. The van der Waals surface area contributed by atoms with Crippen molar-refractivity contribution in [1.82, 2.24) is 0 Å². The molecular formula is C30H46O2S2. The first-order chi connectivity index (χ1) is 16.4. The molecule has 2 aromatic heterocycles. The Bertz CT molecular complexity index is 858. The van der Waals surface area contributed by atoms with Gasteiger partial charge in [-0.05, 0) is 59.4 Å². The summed E-state index contributed by atoms with van der Waals surface area (Å²) in [6, 6.07) is 4.42. The van der Waals surface area contributed by atoms with Crippen LogP contribution < -0.4 is 9.47 Å². The van der Waals surface area contributed by atoms with Crippen LogP contribution in [0.2, 0.25) is 0 Å². The van der Waals surface area contributed by atoms with E-state index in [9.17, 15) is 0 Å². The summed E-state index contributed by atoms with van der Waals surface area (Å²) in [6.45, 7) is 15.6. The van der Waals surface area contributed by atoms with E-state index in [1.54, 1.807) is 22.7 Å². The first-order valence-electron chi connectivity index (χ1n) is 13.5. The fraction of sp³-hybridized carbons (Fsp3) is 0.667. The van der Waals surface area contributed by atoms with E-state index in [0.29, 0.717) is 11.8 Å². The van der Waals surface area contributed by atoms with E-state index in [0.717, 1.165) is 49.4 Å². The molecule has 0 amide bonds. The van der Waals surface area contributed by atoms with Crippen LogP contribution in [0.3, 0.4) is 0 Å². The number of ether oxygens (including phenoxy) is 2. The molecule has 0 saturated heterocycles. The molecule has 2 atom stereocenters. The maximum absolute atomic E-state index is 6.47. The number of hydrogen-bond acceptors (Lipinski definition) is 4. The molecule has 1 aromatic carbocycles. The van der Waals surface area contributed by atoms with E-state index < -0.39 is 0 Å². The maximum Gasteiger partial charge on any atom is 0.146 e. The molecule has 4 heteroatoms. The van der Waals surface area contributed by atoms with Crippen molar-refractivity contribution in [3.8, 4) is 11.5 Å². The van der Waals surface area contributed by atoms with E-state index in [2.05, 4.69) is 64.4 Å². The highest BCUT2D eigenvalue weighted by molar-refractivity contribution is 7.19. The second-order valence-electron chi connectivity index (χ2n) is 11.1. The molecule has 0 fully saturated rings. The Balaban J connectivity index is 1.62. The zero-order valence-corrected chi connectivity index (χ0v) is 24.0. The molecule has 190 valence electrons. The van der Waals surface area contributed by atoms with Crippen LogP contribution in [0.5, 0.6) is 11.5 Å². The summed E-state index contributed by atoms with van der Waals surface area (Å²) >= 11 is 3.55. The van der Waals surface area contributed by atoms with Crippen molar-refractivity contribution >= 4 is 42.8 Å². The summed E-state index contributed by atoms with van der Waals surface area (Å²) in [4.78, 5) is 0. The topological polar surface area (TPSA) is 18.5 Å². The minimum atomic E-state index is 0.709. The van der Waals surface area contributed by atoms with Crippen molar-refractivity contribution in [3.05, 3.63) is 22.9 Å². The van der Waals surface area contributed by atoms with Gasteiger partial charge < -0.3 is 9.47 Å². The van der Waals surface area contributed by atoms with Crippen LogP contribution in [-0.2, 0) is 0 Å². The van der Waals surface area contributed by atoms with Gasteiger partial charge in [0.25, 0.3) is 0 Å². The molecule has 0 aliphatic heterocycles. The predicted molar refractivity (Wildman–Crippen MR) is 153 cm³/mol. The molecule has 2 nitrogen and oxygen atoms in total. The lowest BCUT2D eigenvalue weighted by Gasteiger charge is -2.17. The van der Waals surface area contributed by atoms with Crippen LogP contribution in [0, 0.1) is 23.7 Å². The molecule has 0 bridgehead atoms. The van der Waals surface area contributed by atoms with Gasteiger partial charge in [0.15, 0.2) is 0 Å². The van der Waals surface area contributed by atoms with Gasteiger partial charge in [-0.15, -0.1) is 22.7 Å². The molecule has 0 N–H and O–H groups in total. The molecule has 34 heavy (non-hydrogen) atoms. The normalized spacial score (nSPS) is 13.9. The molecule has 3 rings (SSSR count). The minimum Gasteiger partial charge on any atom is -0.491 e. The summed E-state index contributed by atoms with van der Waals surface area (Å²) < 4.78 is 15.4. The number of fused-ring (bicyclic) bond motifs is 2. The first-order valence-corrected chi connectivity index (χ1v) is 15.3. The molecule has 0 saturated carbocycles. The Morgan fingerprint density at radius 3 is 1.38 bits per heavy atom. The quantitative estimate of drug-likeness (QED) is 0.194. The van der Waals surface area contributed by atoms with Crippen molar-refractivity contribution in [2.75, 3.05) is 13.2 Å². The molecular weight excluding hydrogens is 456 g/mol. The van der Waals surface area contributed by atoms with E-state index in [1.165, 1.54) is 58.7 Å². The Kier molecular flexibility index (Phi) is 11.0.